The van der Waals surface area contributed by atoms with Crippen LogP contribution < -0.4 is 14.9 Å². The number of aromatic nitrogens is 3. The highest BCUT2D eigenvalue weighted by Gasteiger charge is 2.22. The molecule has 1 fully saturated rings. The second kappa shape index (κ2) is 13.1. The molecule has 238 valence electrons. The van der Waals surface area contributed by atoms with Gasteiger partial charge in [0.05, 0.1) is 50.8 Å². The molecular formula is C32H29F3N6O3S2. The fraction of sp³-hybridized carbons (Fsp3) is 0.219. The van der Waals surface area contributed by atoms with Crippen molar-refractivity contribution in [3.8, 4) is 21.8 Å². The van der Waals surface area contributed by atoms with Gasteiger partial charge in [0, 0.05) is 36.5 Å². The quantitative estimate of drug-likeness (QED) is 0.170. The summed E-state index contributed by atoms with van der Waals surface area (Å²) >= 11 is 1.37. The Morgan fingerprint density at radius 1 is 0.891 bits per heavy atom. The zero-order valence-electron chi connectivity index (χ0n) is 24.8. The minimum atomic E-state index is -4.13. The average Bonchev–Trinajstić information content (AvgIpc) is 3.48. The maximum atomic E-state index is 15.0. The molecule has 0 spiro atoms. The lowest BCUT2D eigenvalue weighted by atomic mass is 10.1. The number of hydrogen-bond acceptors (Lipinski definition) is 9. The summed E-state index contributed by atoms with van der Waals surface area (Å²) in [5, 5.41) is 3.82. The van der Waals surface area contributed by atoms with Crippen molar-refractivity contribution in [2.75, 3.05) is 41.2 Å². The van der Waals surface area contributed by atoms with Gasteiger partial charge in [0.25, 0.3) is 10.0 Å². The number of benzene rings is 3. The first kappa shape index (κ1) is 31.5. The van der Waals surface area contributed by atoms with Gasteiger partial charge in [0.2, 0.25) is 5.95 Å². The minimum Gasteiger partial charge on any atom is -0.378 e. The summed E-state index contributed by atoms with van der Waals surface area (Å²) < 4.78 is 76.9. The average molecular weight is 667 g/mol. The third-order valence-corrected chi connectivity index (χ3v) is 9.90. The lowest BCUT2D eigenvalue weighted by Crippen LogP contribution is -2.36. The molecule has 2 N–H and O–H groups in total. The summed E-state index contributed by atoms with van der Waals surface area (Å²) in [5.41, 5.74) is 2.14. The van der Waals surface area contributed by atoms with Gasteiger partial charge in [0.15, 0.2) is 0 Å². The number of nitrogens with one attached hydrogen (secondary N) is 2. The van der Waals surface area contributed by atoms with Crippen LogP contribution in [0.4, 0.5) is 36.2 Å². The highest BCUT2D eigenvalue weighted by Crippen LogP contribution is 2.40. The Labute approximate surface area is 268 Å². The summed E-state index contributed by atoms with van der Waals surface area (Å²) in [5.74, 6) is -1.40. The minimum absolute atomic E-state index is 0.0306. The van der Waals surface area contributed by atoms with Crippen molar-refractivity contribution in [1.29, 1.82) is 0 Å². The predicted octanol–water partition coefficient (Wildman–Crippen LogP) is 7.19. The molecule has 1 saturated heterocycles. The van der Waals surface area contributed by atoms with Gasteiger partial charge in [-0.1, -0.05) is 13.8 Å². The van der Waals surface area contributed by atoms with Crippen LogP contribution >= 0.6 is 11.3 Å². The number of anilines is 4. The zero-order valence-corrected chi connectivity index (χ0v) is 26.4. The van der Waals surface area contributed by atoms with E-state index in [1.807, 2.05) is 18.7 Å². The van der Waals surface area contributed by atoms with E-state index in [0.717, 1.165) is 35.3 Å². The Morgan fingerprint density at radius 2 is 1.65 bits per heavy atom. The van der Waals surface area contributed by atoms with Crippen molar-refractivity contribution in [2.45, 2.75) is 24.7 Å². The molecule has 14 heteroatoms. The maximum Gasteiger partial charge on any atom is 0.261 e. The molecule has 0 saturated carbocycles. The van der Waals surface area contributed by atoms with Gasteiger partial charge in [-0.3, -0.25) is 4.72 Å². The van der Waals surface area contributed by atoms with E-state index in [1.54, 1.807) is 24.4 Å². The predicted molar refractivity (Wildman–Crippen MR) is 173 cm³/mol. The summed E-state index contributed by atoms with van der Waals surface area (Å²) in [6.07, 6.45) is 1.55. The van der Waals surface area contributed by atoms with E-state index in [9.17, 15) is 17.2 Å². The van der Waals surface area contributed by atoms with Gasteiger partial charge in [-0.05, 0) is 66.7 Å². The Kier molecular flexibility index (Phi) is 8.93. The number of thiazole rings is 1. The van der Waals surface area contributed by atoms with Gasteiger partial charge in [-0.2, -0.15) is 0 Å². The molecular weight excluding hydrogens is 638 g/mol. The van der Waals surface area contributed by atoms with Crippen LogP contribution in [0.2, 0.25) is 0 Å². The van der Waals surface area contributed by atoms with Crippen LogP contribution in [-0.2, 0) is 14.8 Å². The number of rotatable bonds is 9. The Bertz CT molecular complexity index is 1980. The normalized spacial score (nSPS) is 13.7. The number of nitrogens with zero attached hydrogens (tertiary/aromatic N) is 4. The smallest absolute Gasteiger partial charge is 0.261 e. The summed E-state index contributed by atoms with van der Waals surface area (Å²) in [4.78, 5) is 16.1. The molecule has 9 nitrogen and oxygen atoms in total. The van der Waals surface area contributed by atoms with Crippen LogP contribution in [-0.4, -0.2) is 49.7 Å². The SMILES string of the molecule is CC(C)c1nc(-c2cc(F)cc(NS(=O)(=O)c3ccc(F)cc3)c2)c(-c2ccnc(Nc3ccc(N4CCOCC4)c(F)c3)n2)s1. The van der Waals surface area contributed by atoms with Crippen molar-refractivity contribution < 1.29 is 26.3 Å². The van der Waals surface area contributed by atoms with E-state index in [4.69, 9.17) is 9.72 Å². The molecule has 1 aliphatic rings. The topological polar surface area (TPSA) is 109 Å². The molecule has 5 aromatic rings. The maximum absolute atomic E-state index is 15.0. The third-order valence-electron chi connectivity index (χ3n) is 7.13. The van der Waals surface area contributed by atoms with Crippen LogP contribution in [0.3, 0.4) is 0 Å². The molecule has 6 rings (SSSR count). The van der Waals surface area contributed by atoms with Crippen molar-refractivity contribution in [3.05, 3.63) is 95.4 Å². The van der Waals surface area contributed by atoms with Crippen molar-refractivity contribution in [1.82, 2.24) is 15.0 Å². The van der Waals surface area contributed by atoms with Crippen LogP contribution in [0.5, 0.6) is 0 Å². The van der Waals surface area contributed by atoms with Gasteiger partial charge in [0.1, 0.15) is 17.5 Å². The first-order valence-electron chi connectivity index (χ1n) is 14.4. The molecule has 0 bridgehead atoms. The van der Waals surface area contributed by atoms with Crippen molar-refractivity contribution in [3.63, 3.8) is 0 Å². The number of halogens is 3. The zero-order chi connectivity index (χ0) is 32.4. The summed E-state index contributed by atoms with van der Waals surface area (Å²) in [6, 6.07) is 14.6. The standard InChI is InChI=1S/C32H29F3N6O3S2/c1-19(2)31-39-29(20-15-22(34)17-24(16-20)40-46(42,43)25-6-3-21(33)4-7-25)30(45-31)27-9-10-36-32(38-27)37-23-5-8-28(26(35)18-23)41-11-13-44-14-12-41/h3-10,15-19,40H,11-14H2,1-2H3,(H,36,37,38). The molecule has 46 heavy (non-hydrogen) atoms. The van der Waals surface area contributed by atoms with Crippen LogP contribution in [0.1, 0.15) is 24.8 Å². The van der Waals surface area contributed by atoms with E-state index in [1.165, 1.54) is 29.5 Å². The highest BCUT2D eigenvalue weighted by molar-refractivity contribution is 7.92. The van der Waals surface area contributed by atoms with Gasteiger partial charge in [-0.25, -0.2) is 36.5 Å². The van der Waals surface area contributed by atoms with Crippen LogP contribution in [0.25, 0.3) is 21.8 Å². The highest BCUT2D eigenvalue weighted by atomic mass is 32.2. The van der Waals surface area contributed by atoms with E-state index in [-0.39, 0.29) is 28.3 Å². The van der Waals surface area contributed by atoms with E-state index >= 15 is 4.39 Å². The fourth-order valence-corrected chi connectivity index (χ4v) is 6.99. The largest absolute Gasteiger partial charge is 0.378 e. The molecule has 3 aromatic carbocycles. The molecule has 0 unspecified atom stereocenters. The Balaban J connectivity index is 1.31. The fourth-order valence-electron chi connectivity index (χ4n) is 4.89. The molecule has 0 aliphatic carbocycles. The lowest BCUT2D eigenvalue weighted by Gasteiger charge is -2.29. The van der Waals surface area contributed by atoms with Crippen LogP contribution in [0.15, 0.2) is 77.8 Å². The first-order valence-corrected chi connectivity index (χ1v) is 16.7. The van der Waals surface area contributed by atoms with Gasteiger partial charge < -0.3 is 15.0 Å². The van der Waals surface area contributed by atoms with Crippen molar-refractivity contribution in [2.24, 2.45) is 0 Å². The second-order valence-electron chi connectivity index (χ2n) is 10.8. The number of sulfonamides is 1. The molecule has 0 radical (unpaired) electrons. The third kappa shape index (κ3) is 6.98. The summed E-state index contributed by atoms with van der Waals surface area (Å²) in [6.45, 7) is 6.25. The molecule has 1 aliphatic heterocycles. The first-order chi connectivity index (χ1) is 22.1. The number of morpholine rings is 1. The van der Waals surface area contributed by atoms with E-state index in [0.29, 0.717) is 59.5 Å². The van der Waals surface area contributed by atoms with Gasteiger partial charge >= 0.3 is 0 Å². The Morgan fingerprint density at radius 3 is 2.37 bits per heavy atom. The molecule has 0 amide bonds. The Hall–Kier alpha value is -4.53. The lowest BCUT2D eigenvalue weighted by molar-refractivity contribution is 0.122. The van der Waals surface area contributed by atoms with Crippen LogP contribution in [0, 0.1) is 17.5 Å². The van der Waals surface area contributed by atoms with Crippen molar-refractivity contribution >= 4 is 44.4 Å². The molecule has 3 heterocycles. The number of ether oxygens (including phenoxy) is 1. The summed E-state index contributed by atoms with van der Waals surface area (Å²) in [7, 11) is -4.13. The van der Waals surface area contributed by atoms with E-state index < -0.39 is 21.7 Å². The monoisotopic (exact) mass is 666 g/mol. The molecule has 2 aromatic heterocycles. The van der Waals surface area contributed by atoms with Gasteiger partial charge in [-0.15, -0.1) is 11.3 Å². The van der Waals surface area contributed by atoms with E-state index in [2.05, 4.69) is 20.0 Å². The molecule has 0 atom stereocenters. The number of hydrogen-bond donors (Lipinski definition) is 2. The second-order valence-corrected chi connectivity index (χ2v) is 13.5.